The minimum atomic E-state index is -0.273. The van der Waals surface area contributed by atoms with Gasteiger partial charge in [-0.05, 0) is 82.4 Å². The van der Waals surface area contributed by atoms with Crippen LogP contribution in [0, 0.1) is 0 Å². The van der Waals surface area contributed by atoms with Crippen LogP contribution in [0.4, 0.5) is 34.1 Å². The largest absolute Gasteiger partial charge is 0.453 e. The number of hydrogen-bond donors (Lipinski definition) is 0. The number of anilines is 6. The summed E-state index contributed by atoms with van der Waals surface area (Å²) >= 11 is 0. The van der Waals surface area contributed by atoms with Crippen molar-refractivity contribution in [2.24, 2.45) is 0 Å². The van der Waals surface area contributed by atoms with E-state index in [-0.39, 0.29) is 5.41 Å². The van der Waals surface area contributed by atoms with Crippen molar-refractivity contribution in [3.63, 3.8) is 0 Å². The monoisotopic (exact) mass is 618 g/mol. The van der Waals surface area contributed by atoms with Crippen LogP contribution in [0.2, 0.25) is 0 Å². The van der Waals surface area contributed by atoms with Gasteiger partial charge >= 0.3 is 0 Å². The first-order chi connectivity index (χ1) is 23.6. The van der Waals surface area contributed by atoms with Crippen molar-refractivity contribution < 1.29 is 4.74 Å². The molecule has 3 nitrogen and oxygen atoms in total. The van der Waals surface area contributed by atoms with Crippen LogP contribution in [0.3, 0.4) is 0 Å². The van der Waals surface area contributed by atoms with Crippen LogP contribution in [0.5, 0.6) is 11.5 Å². The van der Waals surface area contributed by atoms with Crippen LogP contribution in [0.1, 0.15) is 25.0 Å². The third-order valence-electron chi connectivity index (χ3n) is 9.84. The van der Waals surface area contributed by atoms with Crippen molar-refractivity contribution in [1.29, 1.82) is 0 Å². The highest BCUT2D eigenvalue weighted by atomic mass is 16.5. The molecule has 3 heteroatoms. The molecule has 0 bridgehead atoms. The Balaban J connectivity index is 1.25. The van der Waals surface area contributed by atoms with Crippen LogP contribution in [-0.4, -0.2) is 0 Å². The Hall–Kier alpha value is -6.06. The number of rotatable bonds is 5. The summed E-state index contributed by atoms with van der Waals surface area (Å²) < 4.78 is 6.46. The smallest absolute Gasteiger partial charge is 0.151 e. The minimum Gasteiger partial charge on any atom is -0.453 e. The van der Waals surface area contributed by atoms with Gasteiger partial charge in [0.2, 0.25) is 0 Å². The molecule has 7 aromatic carbocycles. The summed E-state index contributed by atoms with van der Waals surface area (Å²) in [5.41, 5.74) is 13.7. The molecule has 2 aliphatic heterocycles. The van der Waals surface area contributed by atoms with Crippen LogP contribution < -0.4 is 14.5 Å². The topological polar surface area (TPSA) is 15.7 Å². The van der Waals surface area contributed by atoms with E-state index in [4.69, 9.17) is 4.74 Å². The first-order valence-electron chi connectivity index (χ1n) is 16.5. The Morgan fingerprint density at radius 3 is 1.90 bits per heavy atom. The molecule has 0 unspecified atom stereocenters. The lowest BCUT2D eigenvalue weighted by atomic mass is 9.73. The summed E-state index contributed by atoms with van der Waals surface area (Å²) in [4.78, 5) is 4.80. The lowest BCUT2D eigenvalue weighted by Crippen LogP contribution is -2.32. The Morgan fingerprint density at radius 2 is 1.10 bits per heavy atom. The quantitative estimate of drug-likeness (QED) is 0.191. The molecular weight excluding hydrogens is 585 g/mol. The summed E-state index contributed by atoms with van der Waals surface area (Å²) in [6.45, 7) is 4.67. The summed E-state index contributed by atoms with van der Waals surface area (Å²) in [5.74, 6) is 1.76. The molecule has 0 spiro atoms. The molecule has 0 saturated carbocycles. The molecule has 0 amide bonds. The van der Waals surface area contributed by atoms with Crippen LogP contribution in [-0.2, 0) is 5.41 Å². The maximum atomic E-state index is 6.46. The fourth-order valence-corrected chi connectivity index (χ4v) is 7.45. The highest BCUT2D eigenvalue weighted by Crippen LogP contribution is 2.60. The second kappa shape index (κ2) is 11.0. The summed E-state index contributed by atoms with van der Waals surface area (Å²) in [7, 11) is 0. The average molecular weight is 619 g/mol. The average Bonchev–Trinajstić information content (AvgIpc) is 3.14. The zero-order chi connectivity index (χ0) is 32.2. The molecule has 2 aliphatic rings. The fraction of sp³-hybridized carbons (Fsp3) is 0.0667. The van der Waals surface area contributed by atoms with Gasteiger partial charge in [-0.3, -0.25) is 0 Å². The number of hydrogen-bond acceptors (Lipinski definition) is 3. The van der Waals surface area contributed by atoms with Crippen molar-refractivity contribution in [1.82, 2.24) is 0 Å². The van der Waals surface area contributed by atoms with Crippen molar-refractivity contribution in [2.75, 3.05) is 9.80 Å². The molecule has 48 heavy (non-hydrogen) atoms. The Morgan fingerprint density at radius 1 is 0.479 bits per heavy atom. The van der Waals surface area contributed by atoms with E-state index in [0.29, 0.717) is 0 Å². The van der Waals surface area contributed by atoms with Gasteiger partial charge in [-0.1, -0.05) is 129 Å². The third-order valence-corrected chi connectivity index (χ3v) is 9.84. The first-order valence-corrected chi connectivity index (χ1v) is 16.5. The molecule has 0 N–H and O–H groups in total. The predicted octanol–water partition coefficient (Wildman–Crippen LogP) is 12.7. The minimum absolute atomic E-state index is 0.273. The van der Waals surface area contributed by atoms with Crippen LogP contribution >= 0.6 is 0 Å². The summed E-state index contributed by atoms with van der Waals surface area (Å²) in [6, 6.07) is 60.7. The third kappa shape index (κ3) is 4.43. The van der Waals surface area contributed by atoms with Gasteiger partial charge in [0.15, 0.2) is 11.5 Å². The van der Waals surface area contributed by atoms with Crippen molar-refractivity contribution in [3.05, 3.63) is 181 Å². The normalized spacial score (nSPS) is 13.5. The van der Waals surface area contributed by atoms with E-state index in [2.05, 4.69) is 187 Å². The van der Waals surface area contributed by atoms with E-state index in [0.717, 1.165) is 39.9 Å². The maximum Gasteiger partial charge on any atom is 0.151 e. The van der Waals surface area contributed by atoms with Crippen LogP contribution in [0.25, 0.3) is 22.3 Å². The van der Waals surface area contributed by atoms with E-state index >= 15 is 0 Å². The lowest BCUT2D eigenvalue weighted by molar-refractivity contribution is 0.471. The highest BCUT2D eigenvalue weighted by Gasteiger charge is 2.41. The fourth-order valence-electron chi connectivity index (χ4n) is 7.45. The van der Waals surface area contributed by atoms with Gasteiger partial charge in [0.1, 0.15) is 0 Å². The van der Waals surface area contributed by atoms with E-state index in [9.17, 15) is 0 Å². The molecule has 9 rings (SSSR count). The molecule has 0 atom stereocenters. The van der Waals surface area contributed by atoms with Gasteiger partial charge in [0.05, 0.1) is 22.7 Å². The van der Waals surface area contributed by atoms with E-state index < -0.39 is 0 Å². The number of nitrogens with zero attached hydrogens (tertiary/aromatic N) is 2. The molecule has 230 valence electrons. The van der Waals surface area contributed by atoms with Crippen molar-refractivity contribution in [3.8, 4) is 33.8 Å². The van der Waals surface area contributed by atoms with Gasteiger partial charge in [-0.15, -0.1) is 0 Å². The van der Waals surface area contributed by atoms with Gasteiger partial charge in [0, 0.05) is 22.4 Å². The van der Waals surface area contributed by atoms with Gasteiger partial charge in [-0.2, -0.15) is 0 Å². The lowest BCUT2D eigenvalue weighted by Gasteiger charge is -2.45. The highest BCUT2D eigenvalue weighted by molar-refractivity contribution is 5.95. The molecule has 0 fully saturated rings. The SMILES string of the molecule is CC1(C)c2cc(N(c3ccc(-c4ccccc4)cc3)c3ccccc3-c3ccccc3)ccc2N2c3ccccc3Oc3cccc1c32. The standard InChI is InChI=1S/C45H34N2O/c1-45(2)37-19-13-23-43-44(37)47(41-21-11-12-22-42(41)48-43)40-29-28-35(30-38(40)45)46(34-26-24-32(25-27-34)31-14-5-3-6-15-31)39-20-10-9-18-36(39)33-16-7-4-8-17-33/h3-30H,1-2H3. The Bertz CT molecular complexity index is 2290. The zero-order valence-electron chi connectivity index (χ0n) is 27.0. The van der Waals surface area contributed by atoms with Gasteiger partial charge in [0.25, 0.3) is 0 Å². The number of fused-ring (bicyclic) bond motifs is 4. The number of ether oxygens (including phenoxy) is 1. The molecular formula is C45H34N2O. The number of para-hydroxylation sites is 4. The molecule has 7 aromatic rings. The number of benzene rings is 7. The van der Waals surface area contributed by atoms with Gasteiger partial charge in [-0.25, -0.2) is 0 Å². The molecule has 2 heterocycles. The van der Waals surface area contributed by atoms with Crippen molar-refractivity contribution >= 4 is 34.1 Å². The first kappa shape index (κ1) is 28.2. The molecule has 0 radical (unpaired) electrons. The second-order valence-electron chi connectivity index (χ2n) is 13.0. The van der Waals surface area contributed by atoms with E-state index in [1.165, 1.54) is 39.1 Å². The van der Waals surface area contributed by atoms with Crippen LogP contribution in [0.15, 0.2) is 170 Å². The Labute approximate surface area is 281 Å². The van der Waals surface area contributed by atoms with Gasteiger partial charge < -0.3 is 14.5 Å². The second-order valence-corrected chi connectivity index (χ2v) is 13.0. The Kier molecular flexibility index (Phi) is 6.48. The molecule has 0 aromatic heterocycles. The van der Waals surface area contributed by atoms with E-state index in [1.54, 1.807) is 0 Å². The maximum absolute atomic E-state index is 6.46. The zero-order valence-corrected chi connectivity index (χ0v) is 27.0. The summed E-state index contributed by atoms with van der Waals surface area (Å²) in [5, 5.41) is 0. The molecule has 0 saturated heterocycles. The predicted molar refractivity (Wildman–Crippen MR) is 199 cm³/mol. The molecule has 0 aliphatic carbocycles. The van der Waals surface area contributed by atoms with Crippen molar-refractivity contribution in [2.45, 2.75) is 19.3 Å². The van der Waals surface area contributed by atoms with E-state index in [1.807, 2.05) is 6.07 Å². The summed E-state index contributed by atoms with van der Waals surface area (Å²) in [6.07, 6.45) is 0.